The van der Waals surface area contributed by atoms with Gasteiger partial charge in [-0.1, -0.05) is 33.3 Å². The minimum Gasteiger partial charge on any atom is -0.383 e. The van der Waals surface area contributed by atoms with E-state index in [1.54, 1.807) is 0 Å². The van der Waals surface area contributed by atoms with Crippen molar-refractivity contribution in [2.24, 2.45) is 5.92 Å². The zero-order valence-electron chi connectivity index (χ0n) is 19.9. The third-order valence-corrected chi connectivity index (χ3v) is 7.69. The fraction of sp³-hybridized carbons (Fsp3) is 0.522. The van der Waals surface area contributed by atoms with Gasteiger partial charge in [0, 0.05) is 31.7 Å². The van der Waals surface area contributed by atoms with Gasteiger partial charge in [0.15, 0.2) is 5.69 Å². The molecular formula is C23H33N5O5S. The second-order valence-corrected chi connectivity index (χ2v) is 10.9. The third kappa shape index (κ3) is 5.25. The molecular weight excluding hydrogens is 458 g/mol. The van der Waals surface area contributed by atoms with Crippen LogP contribution >= 0.6 is 0 Å². The number of carbonyl (C=O) groups is 1. The van der Waals surface area contributed by atoms with Crippen LogP contribution in [-0.2, 0) is 16.6 Å². The molecule has 0 unspecified atom stereocenters. The van der Waals surface area contributed by atoms with E-state index in [9.17, 15) is 22.8 Å². The number of hydrogen-bond donors (Lipinski definition) is 2. The van der Waals surface area contributed by atoms with Crippen molar-refractivity contribution in [1.29, 1.82) is 0 Å². The number of hydrogen-bond acceptors (Lipinski definition) is 6. The molecule has 3 N–H and O–H groups in total. The second kappa shape index (κ2) is 10.6. The molecule has 1 aliphatic heterocycles. The van der Waals surface area contributed by atoms with E-state index >= 15 is 0 Å². The Morgan fingerprint density at radius 3 is 2.50 bits per heavy atom. The molecule has 1 fully saturated rings. The standard InChI is InChI=1S/C23H33N5O5S/c1-4-5-13-27-20(24)19(21(29)25-23(27)31)28(15-16(2)3)22(30)17-9-8-10-18(14-17)34(32,33)26-11-6-7-12-26/h8-10,14,16H,4-7,11-13,15,24H2,1-3H3,(H,25,29,31). The van der Waals surface area contributed by atoms with E-state index < -0.39 is 27.2 Å². The Bertz CT molecular complexity index is 1260. The predicted octanol–water partition coefficient (Wildman–Crippen LogP) is 2.01. The van der Waals surface area contributed by atoms with Gasteiger partial charge in [-0.05, 0) is 43.4 Å². The maximum absolute atomic E-state index is 13.6. The first kappa shape index (κ1) is 25.7. The molecule has 2 heterocycles. The van der Waals surface area contributed by atoms with Crippen LogP contribution in [0.4, 0.5) is 11.5 Å². The molecule has 1 aliphatic rings. The van der Waals surface area contributed by atoms with Crippen molar-refractivity contribution in [2.75, 3.05) is 30.3 Å². The smallest absolute Gasteiger partial charge is 0.330 e. The van der Waals surface area contributed by atoms with Crippen LogP contribution in [0.5, 0.6) is 0 Å². The first-order valence-electron chi connectivity index (χ1n) is 11.6. The molecule has 3 rings (SSSR count). The van der Waals surface area contributed by atoms with Gasteiger partial charge in [-0.15, -0.1) is 0 Å². The third-order valence-electron chi connectivity index (χ3n) is 5.80. The summed E-state index contributed by atoms with van der Waals surface area (Å²) in [6.07, 6.45) is 3.09. The second-order valence-electron chi connectivity index (χ2n) is 8.95. The highest BCUT2D eigenvalue weighted by Gasteiger charge is 2.30. The summed E-state index contributed by atoms with van der Waals surface area (Å²) in [5, 5.41) is 0. The van der Waals surface area contributed by atoms with Crippen LogP contribution in [-0.4, -0.2) is 47.8 Å². The number of sulfonamides is 1. The Kier molecular flexibility index (Phi) is 7.98. The van der Waals surface area contributed by atoms with Gasteiger partial charge in [-0.25, -0.2) is 13.2 Å². The molecule has 2 aromatic rings. The summed E-state index contributed by atoms with van der Waals surface area (Å²) in [7, 11) is -3.72. The predicted molar refractivity (Wildman–Crippen MR) is 132 cm³/mol. The van der Waals surface area contributed by atoms with Gasteiger partial charge in [0.2, 0.25) is 10.0 Å². The highest BCUT2D eigenvalue weighted by Crippen LogP contribution is 2.25. The molecule has 0 bridgehead atoms. The Morgan fingerprint density at radius 1 is 1.21 bits per heavy atom. The largest absolute Gasteiger partial charge is 0.383 e. The van der Waals surface area contributed by atoms with Crippen molar-refractivity contribution < 1.29 is 13.2 Å². The van der Waals surface area contributed by atoms with Crippen molar-refractivity contribution in [3.63, 3.8) is 0 Å². The Labute approximate surface area is 199 Å². The number of carbonyl (C=O) groups excluding carboxylic acids is 1. The molecule has 1 aromatic heterocycles. The molecule has 10 nitrogen and oxygen atoms in total. The summed E-state index contributed by atoms with van der Waals surface area (Å²) >= 11 is 0. The SMILES string of the molecule is CCCCn1c(N)c(N(CC(C)C)C(=O)c2cccc(S(=O)(=O)N3CCCC3)c2)c(=O)[nH]c1=O. The first-order valence-corrected chi connectivity index (χ1v) is 13.1. The summed E-state index contributed by atoms with van der Waals surface area (Å²) in [6.45, 7) is 7.08. The number of nitrogens with one attached hydrogen (secondary N) is 1. The van der Waals surface area contributed by atoms with Crippen LogP contribution < -0.4 is 21.9 Å². The fourth-order valence-electron chi connectivity index (χ4n) is 4.04. The molecule has 0 aliphatic carbocycles. The summed E-state index contributed by atoms with van der Waals surface area (Å²) in [5.41, 5.74) is 4.87. The lowest BCUT2D eigenvalue weighted by Gasteiger charge is -2.26. The quantitative estimate of drug-likeness (QED) is 0.550. The Hall–Kier alpha value is -2.92. The van der Waals surface area contributed by atoms with Gasteiger partial charge < -0.3 is 10.6 Å². The molecule has 1 saturated heterocycles. The van der Waals surface area contributed by atoms with E-state index in [1.807, 2.05) is 20.8 Å². The average Bonchev–Trinajstić information content (AvgIpc) is 3.33. The first-order chi connectivity index (χ1) is 16.1. The lowest BCUT2D eigenvalue weighted by atomic mass is 10.1. The van der Waals surface area contributed by atoms with Crippen molar-refractivity contribution >= 4 is 27.4 Å². The van der Waals surface area contributed by atoms with Crippen LogP contribution in [0.15, 0.2) is 38.8 Å². The summed E-state index contributed by atoms with van der Waals surface area (Å²) in [6, 6.07) is 5.82. The number of amides is 1. The van der Waals surface area contributed by atoms with Crippen LogP contribution in [0.3, 0.4) is 0 Å². The lowest BCUT2D eigenvalue weighted by Crippen LogP contribution is -2.42. The number of nitrogens with zero attached hydrogens (tertiary/aromatic N) is 3. The zero-order chi connectivity index (χ0) is 25.0. The normalized spacial score (nSPS) is 14.6. The Morgan fingerprint density at radius 2 is 1.88 bits per heavy atom. The van der Waals surface area contributed by atoms with Crippen molar-refractivity contribution in [3.8, 4) is 0 Å². The summed E-state index contributed by atoms with van der Waals surface area (Å²) in [4.78, 5) is 42.3. The fourth-order valence-corrected chi connectivity index (χ4v) is 5.60. The minimum absolute atomic E-state index is 0.0274. The number of nitrogen functional groups attached to an aromatic ring is 1. The Balaban J connectivity index is 2.08. The number of unbranched alkanes of at least 4 members (excludes halogenated alkanes) is 1. The number of aromatic nitrogens is 2. The number of anilines is 2. The minimum atomic E-state index is -3.72. The molecule has 0 spiro atoms. The number of nitrogens with two attached hydrogens (primary N) is 1. The molecule has 1 aromatic carbocycles. The van der Waals surface area contributed by atoms with Crippen molar-refractivity contribution in [2.45, 2.75) is 57.9 Å². The van der Waals surface area contributed by atoms with Crippen molar-refractivity contribution in [1.82, 2.24) is 13.9 Å². The van der Waals surface area contributed by atoms with Crippen molar-refractivity contribution in [3.05, 3.63) is 50.7 Å². The van der Waals surface area contributed by atoms with E-state index in [0.29, 0.717) is 26.1 Å². The highest BCUT2D eigenvalue weighted by atomic mass is 32.2. The van der Waals surface area contributed by atoms with Gasteiger partial charge in [0.05, 0.1) is 4.90 Å². The number of benzene rings is 1. The van der Waals surface area contributed by atoms with Crippen LogP contribution in [0.2, 0.25) is 0 Å². The van der Waals surface area contributed by atoms with Gasteiger partial charge in [-0.2, -0.15) is 4.31 Å². The topological polar surface area (TPSA) is 139 Å². The molecule has 0 atom stereocenters. The van der Waals surface area contributed by atoms with Gasteiger partial charge in [0.25, 0.3) is 11.5 Å². The zero-order valence-corrected chi connectivity index (χ0v) is 20.7. The average molecular weight is 492 g/mol. The van der Waals surface area contributed by atoms with Gasteiger partial charge in [-0.3, -0.25) is 19.1 Å². The summed E-state index contributed by atoms with van der Waals surface area (Å²) < 4.78 is 28.7. The lowest BCUT2D eigenvalue weighted by molar-refractivity contribution is 0.0983. The molecule has 0 saturated carbocycles. The maximum atomic E-state index is 13.6. The number of rotatable bonds is 9. The van der Waals surface area contributed by atoms with Crippen LogP contribution in [0, 0.1) is 5.92 Å². The monoisotopic (exact) mass is 491 g/mol. The van der Waals surface area contributed by atoms with Crippen LogP contribution in [0.25, 0.3) is 0 Å². The highest BCUT2D eigenvalue weighted by molar-refractivity contribution is 7.89. The number of aromatic amines is 1. The van der Waals surface area contributed by atoms with Gasteiger partial charge >= 0.3 is 5.69 Å². The van der Waals surface area contributed by atoms with E-state index in [2.05, 4.69) is 4.98 Å². The van der Waals surface area contributed by atoms with Gasteiger partial charge in [0.1, 0.15) is 5.82 Å². The van der Waals surface area contributed by atoms with E-state index in [0.717, 1.165) is 19.3 Å². The molecule has 186 valence electrons. The summed E-state index contributed by atoms with van der Waals surface area (Å²) in [5.74, 6) is -0.683. The van der Waals surface area contributed by atoms with E-state index in [1.165, 1.54) is 38.0 Å². The van der Waals surface area contributed by atoms with E-state index in [4.69, 9.17) is 5.73 Å². The number of H-pyrrole nitrogens is 1. The van der Waals surface area contributed by atoms with Crippen LogP contribution in [0.1, 0.15) is 56.8 Å². The molecule has 34 heavy (non-hydrogen) atoms. The molecule has 11 heteroatoms. The maximum Gasteiger partial charge on any atom is 0.330 e. The van der Waals surface area contributed by atoms with E-state index in [-0.39, 0.29) is 34.4 Å². The molecule has 0 radical (unpaired) electrons. The molecule has 1 amide bonds.